The predicted molar refractivity (Wildman–Crippen MR) is 60.2 cm³/mol. The molecular weight excluding hydrogens is 220 g/mol. The molecule has 0 aliphatic heterocycles. The Bertz CT molecular complexity index is 458. The van der Waals surface area contributed by atoms with Gasteiger partial charge in [-0.15, -0.1) is 0 Å². The summed E-state index contributed by atoms with van der Waals surface area (Å²) in [4.78, 5) is 8.43. The average Bonchev–Trinajstić information content (AvgIpc) is 2.78. The first-order chi connectivity index (χ1) is 8.31. The van der Waals surface area contributed by atoms with Crippen LogP contribution in [-0.2, 0) is 0 Å². The Morgan fingerprint density at radius 2 is 2.35 bits per heavy atom. The summed E-state index contributed by atoms with van der Waals surface area (Å²) >= 11 is 0. The van der Waals surface area contributed by atoms with Crippen molar-refractivity contribution in [1.82, 2.24) is 20.4 Å². The van der Waals surface area contributed by atoms with Crippen molar-refractivity contribution >= 4 is 0 Å². The average molecular weight is 234 g/mol. The number of pyridine rings is 1. The van der Waals surface area contributed by atoms with Gasteiger partial charge in [-0.2, -0.15) is 4.98 Å². The van der Waals surface area contributed by atoms with Crippen molar-refractivity contribution in [1.29, 1.82) is 0 Å². The molecule has 6 nitrogen and oxygen atoms in total. The molecule has 0 unspecified atom stereocenters. The Morgan fingerprint density at radius 3 is 2.94 bits per heavy atom. The summed E-state index contributed by atoms with van der Waals surface area (Å²) in [7, 11) is 0. The molecule has 0 spiro atoms. The maximum Gasteiger partial charge on any atom is 0.223 e. The van der Waals surface area contributed by atoms with E-state index < -0.39 is 0 Å². The lowest BCUT2D eigenvalue weighted by Gasteiger charge is -2.13. The molecule has 0 saturated carbocycles. The van der Waals surface area contributed by atoms with E-state index in [9.17, 15) is 0 Å². The number of rotatable bonds is 5. The summed E-state index contributed by atoms with van der Waals surface area (Å²) in [5, 5.41) is 15.9. The molecule has 0 aliphatic rings. The Labute approximate surface area is 98.7 Å². The molecular formula is C11H14N4O2. The van der Waals surface area contributed by atoms with Crippen LogP contribution in [0.5, 0.6) is 0 Å². The lowest BCUT2D eigenvalue weighted by atomic mass is 10.1. The van der Waals surface area contributed by atoms with Crippen molar-refractivity contribution in [2.45, 2.75) is 13.0 Å². The van der Waals surface area contributed by atoms with Crippen LogP contribution < -0.4 is 5.32 Å². The Kier molecular flexibility index (Phi) is 3.79. The van der Waals surface area contributed by atoms with Gasteiger partial charge in [0.15, 0.2) is 5.82 Å². The summed E-state index contributed by atoms with van der Waals surface area (Å²) in [6.45, 7) is 2.22. The first-order valence-corrected chi connectivity index (χ1v) is 5.36. The zero-order chi connectivity index (χ0) is 12.1. The first kappa shape index (κ1) is 11.7. The second-order valence-electron chi connectivity index (χ2n) is 3.54. The molecule has 2 rings (SSSR count). The highest BCUT2D eigenvalue weighted by Crippen LogP contribution is 2.16. The molecule has 2 N–H and O–H groups in total. The molecule has 1 atom stereocenters. The molecule has 17 heavy (non-hydrogen) atoms. The van der Waals surface area contributed by atoms with Crippen LogP contribution in [0.1, 0.15) is 23.5 Å². The molecule has 2 heterocycles. The molecule has 0 radical (unpaired) electrons. The highest BCUT2D eigenvalue weighted by Gasteiger charge is 2.19. The van der Waals surface area contributed by atoms with Crippen LogP contribution in [0.2, 0.25) is 0 Å². The van der Waals surface area contributed by atoms with E-state index >= 15 is 0 Å². The summed E-state index contributed by atoms with van der Waals surface area (Å²) in [6, 6.07) is 5.35. The molecule has 0 bridgehead atoms. The van der Waals surface area contributed by atoms with Gasteiger partial charge in [0, 0.05) is 19.7 Å². The number of aromatic nitrogens is 3. The number of aryl methyl sites for hydroxylation is 1. The number of nitrogens with zero attached hydrogens (tertiary/aromatic N) is 3. The fourth-order valence-corrected chi connectivity index (χ4v) is 1.52. The van der Waals surface area contributed by atoms with Crippen molar-refractivity contribution in [3.63, 3.8) is 0 Å². The van der Waals surface area contributed by atoms with Crippen molar-refractivity contribution in [2.75, 3.05) is 13.2 Å². The number of hydrogen-bond donors (Lipinski definition) is 2. The molecule has 0 aliphatic carbocycles. The van der Waals surface area contributed by atoms with Gasteiger partial charge in [-0.05, 0) is 12.1 Å². The summed E-state index contributed by atoms with van der Waals surface area (Å²) in [5.74, 6) is 1.03. The van der Waals surface area contributed by atoms with Crippen LogP contribution in [0.3, 0.4) is 0 Å². The van der Waals surface area contributed by atoms with E-state index in [1.807, 2.05) is 18.2 Å². The smallest absolute Gasteiger partial charge is 0.223 e. The van der Waals surface area contributed by atoms with Crippen LogP contribution in [0, 0.1) is 6.92 Å². The number of aliphatic hydroxyl groups is 1. The number of hydrogen-bond acceptors (Lipinski definition) is 6. The van der Waals surface area contributed by atoms with Crippen LogP contribution in [0.4, 0.5) is 0 Å². The maximum absolute atomic E-state index is 8.87. The zero-order valence-electron chi connectivity index (χ0n) is 9.50. The third kappa shape index (κ3) is 2.86. The van der Waals surface area contributed by atoms with Crippen molar-refractivity contribution in [3.8, 4) is 0 Å². The molecule has 2 aromatic rings. The minimum Gasteiger partial charge on any atom is -0.395 e. The normalized spacial score (nSPS) is 12.6. The van der Waals surface area contributed by atoms with Gasteiger partial charge in [0.05, 0.1) is 12.3 Å². The third-order valence-electron chi connectivity index (χ3n) is 2.25. The highest BCUT2D eigenvalue weighted by atomic mass is 16.5. The highest BCUT2D eigenvalue weighted by molar-refractivity contribution is 5.16. The van der Waals surface area contributed by atoms with Gasteiger partial charge in [0.1, 0.15) is 6.04 Å². The molecule has 0 aromatic carbocycles. The molecule has 0 saturated heterocycles. The lowest BCUT2D eigenvalue weighted by molar-refractivity contribution is 0.285. The van der Waals surface area contributed by atoms with Gasteiger partial charge >= 0.3 is 0 Å². The summed E-state index contributed by atoms with van der Waals surface area (Å²) in [6.07, 6.45) is 1.70. The molecule has 0 amide bonds. The topological polar surface area (TPSA) is 84.1 Å². The van der Waals surface area contributed by atoms with Gasteiger partial charge in [-0.1, -0.05) is 11.2 Å². The fraction of sp³-hybridized carbons (Fsp3) is 0.364. The van der Waals surface area contributed by atoms with Gasteiger partial charge in [-0.3, -0.25) is 10.3 Å². The van der Waals surface area contributed by atoms with Crippen LogP contribution in [0.25, 0.3) is 0 Å². The second-order valence-corrected chi connectivity index (χ2v) is 3.54. The third-order valence-corrected chi connectivity index (χ3v) is 2.25. The maximum atomic E-state index is 8.87. The van der Waals surface area contributed by atoms with E-state index in [4.69, 9.17) is 9.63 Å². The van der Waals surface area contributed by atoms with Crippen molar-refractivity contribution in [3.05, 3.63) is 41.8 Å². The Balaban J connectivity index is 2.25. The second kappa shape index (κ2) is 5.51. The van der Waals surface area contributed by atoms with E-state index in [0.29, 0.717) is 18.3 Å². The van der Waals surface area contributed by atoms with Crippen LogP contribution in [0.15, 0.2) is 28.9 Å². The number of aliphatic hydroxyl groups excluding tert-OH is 1. The summed E-state index contributed by atoms with van der Waals surface area (Å²) in [5.41, 5.74) is 0.793. The lowest BCUT2D eigenvalue weighted by Crippen LogP contribution is -2.27. The molecule has 0 fully saturated rings. The molecule has 6 heteroatoms. The Hall–Kier alpha value is -1.79. The van der Waals surface area contributed by atoms with Crippen LogP contribution in [-0.4, -0.2) is 33.4 Å². The predicted octanol–water partition coefficient (Wildman–Crippen LogP) is 0.444. The largest absolute Gasteiger partial charge is 0.395 e. The van der Waals surface area contributed by atoms with E-state index in [1.54, 1.807) is 13.1 Å². The first-order valence-electron chi connectivity index (χ1n) is 5.36. The molecule has 90 valence electrons. The fourth-order valence-electron chi connectivity index (χ4n) is 1.52. The minimum atomic E-state index is -0.263. The minimum absolute atomic E-state index is 0.0418. The Morgan fingerprint density at radius 1 is 1.47 bits per heavy atom. The standard InChI is InChI=1S/C11H14N4O2/c1-8-14-11(15-17-8)10(13-6-7-16)9-4-2-3-5-12-9/h2-5,10,13,16H,6-7H2,1H3/t10-/m0/s1. The SMILES string of the molecule is Cc1nc([C@@H](NCCO)c2ccccn2)no1. The van der Waals surface area contributed by atoms with Gasteiger partial charge in [0.25, 0.3) is 0 Å². The van der Waals surface area contributed by atoms with Gasteiger partial charge in [0.2, 0.25) is 5.89 Å². The molecule has 2 aromatic heterocycles. The monoisotopic (exact) mass is 234 g/mol. The van der Waals surface area contributed by atoms with Crippen molar-refractivity contribution < 1.29 is 9.63 Å². The van der Waals surface area contributed by atoms with Crippen LogP contribution >= 0.6 is 0 Å². The van der Waals surface area contributed by atoms with E-state index in [-0.39, 0.29) is 12.6 Å². The van der Waals surface area contributed by atoms with Crippen molar-refractivity contribution in [2.24, 2.45) is 0 Å². The zero-order valence-corrected chi connectivity index (χ0v) is 9.50. The van der Waals surface area contributed by atoms with Gasteiger partial charge in [-0.25, -0.2) is 0 Å². The quantitative estimate of drug-likeness (QED) is 0.781. The number of nitrogens with one attached hydrogen (secondary N) is 1. The summed E-state index contributed by atoms with van der Waals surface area (Å²) < 4.78 is 4.96. The van der Waals surface area contributed by atoms with E-state index in [1.165, 1.54) is 0 Å². The van der Waals surface area contributed by atoms with E-state index in [2.05, 4.69) is 20.4 Å². The van der Waals surface area contributed by atoms with Gasteiger partial charge < -0.3 is 9.63 Å². The van der Waals surface area contributed by atoms with E-state index in [0.717, 1.165) is 5.69 Å².